The molecule has 0 bridgehead atoms. The predicted octanol–water partition coefficient (Wildman–Crippen LogP) is 3.86. The number of alkyl halides is 1. The molecule has 0 aliphatic carbocycles. The molecule has 0 amide bonds. The summed E-state index contributed by atoms with van der Waals surface area (Å²) in [5.41, 5.74) is 0.652. The van der Waals surface area contributed by atoms with Crippen LogP contribution in [0.3, 0.4) is 0 Å². The summed E-state index contributed by atoms with van der Waals surface area (Å²) >= 11 is 5.74. The summed E-state index contributed by atoms with van der Waals surface area (Å²) in [4.78, 5) is 12.5. The van der Waals surface area contributed by atoms with Crippen molar-refractivity contribution < 1.29 is 22.7 Å². The molecule has 0 saturated carbocycles. The minimum Gasteiger partial charge on any atom is -0.490 e. The fourth-order valence-corrected chi connectivity index (χ4v) is 4.96. The molecule has 1 saturated heterocycles. The number of nitrogens with zero attached hydrogens (tertiary/aromatic N) is 1. The van der Waals surface area contributed by atoms with Crippen molar-refractivity contribution in [1.29, 1.82) is 0 Å². The number of carbonyl (C=O) groups excluding carboxylic acids is 1. The van der Waals surface area contributed by atoms with Crippen LogP contribution in [0.5, 0.6) is 5.75 Å². The normalized spacial score (nSPS) is 15.5. The van der Waals surface area contributed by atoms with Crippen LogP contribution in [0.1, 0.15) is 23.2 Å². The van der Waals surface area contributed by atoms with Crippen molar-refractivity contribution >= 4 is 38.3 Å². The van der Waals surface area contributed by atoms with Gasteiger partial charge in [0.15, 0.2) is 5.78 Å². The largest absolute Gasteiger partial charge is 0.490 e. The fraction of sp³-hybridized carbons (Fsp3) is 0.286. The zero-order valence-corrected chi connectivity index (χ0v) is 17.2. The first-order chi connectivity index (χ1) is 14.0. The molecule has 0 radical (unpaired) electrons. The highest BCUT2D eigenvalue weighted by molar-refractivity contribution is 7.90. The SMILES string of the molecule is O=C(CCl)c1cn(S(=O)(=O)c2ccccc2)c2cc(OC3CCOCC3)ccc12. The van der Waals surface area contributed by atoms with E-state index < -0.39 is 10.0 Å². The van der Waals surface area contributed by atoms with E-state index in [0.29, 0.717) is 29.9 Å². The molecule has 2 aromatic carbocycles. The van der Waals surface area contributed by atoms with Gasteiger partial charge in [0.2, 0.25) is 0 Å². The molecule has 0 atom stereocenters. The molecule has 4 rings (SSSR count). The van der Waals surface area contributed by atoms with Crippen LogP contribution in [0.25, 0.3) is 10.9 Å². The minimum atomic E-state index is -3.89. The highest BCUT2D eigenvalue weighted by Crippen LogP contribution is 2.31. The summed E-state index contributed by atoms with van der Waals surface area (Å²) in [7, 11) is -3.89. The van der Waals surface area contributed by atoms with Gasteiger partial charge in [-0.2, -0.15) is 0 Å². The van der Waals surface area contributed by atoms with Crippen LogP contribution in [0.15, 0.2) is 59.6 Å². The number of ketones is 1. The van der Waals surface area contributed by atoms with E-state index >= 15 is 0 Å². The molecular formula is C21H20ClNO5S. The molecule has 0 spiro atoms. The lowest BCUT2D eigenvalue weighted by Crippen LogP contribution is -2.25. The van der Waals surface area contributed by atoms with E-state index in [9.17, 15) is 13.2 Å². The number of fused-ring (bicyclic) bond motifs is 1. The standard InChI is InChI=1S/C21H20ClNO5S/c22-13-21(24)19-14-23(29(25,26)17-4-2-1-3-5-17)20-12-16(6-7-18(19)20)28-15-8-10-27-11-9-15/h1-7,12,14-15H,8-11,13H2. The number of Topliss-reactive ketones (excluding diaryl/α,β-unsaturated/α-hetero) is 1. The third-order valence-electron chi connectivity index (χ3n) is 4.94. The lowest BCUT2D eigenvalue weighted by molar-refractivity contribution is 0.0256. The van der Waals surface area contributed by atoms with Gasteiger partial charge in [-0.1, -0.05) is 18.2 Å². The van der Waals surface area contributed by atoms with E-state index in [-0.39, 0.29) is 28.2 Å². The Morgan fingerprint density at radius 2 is 1.86 bits per heavy atom. The first-order valence-electron chi connectivity index (χ1n) is 9.30. The summed E-state index contributed by atoms with van der Waals surface area (Å²) in [6.07, 6.45) is 2.91. The highest BCUT2D eigenvalue weighted by Gasteiger charge is 2.24. The Bertz CT molecular complexity index is 1130. The highest BCUT2D eigenvalue weighted by atomic mass is 35.5. The predicted molar refractivity (Wildman–Crippen MR) is 110 cm³/mol. The number of hydrogen-bond acceptors (Lipinski definition) is 5. The van der Waals surface area contributed by atoms with Gasteiger partial charge < -0.3 is 9.47 Å². The number of ether oxygens (including phenoxy) is 2. The number of carbonyl (C=O) groups is 1. The van der Waals surface area contributed by atoms with Crippen molar-refractivity contribution in [2.24, 2.45) is 0 Å². The molecule has 1 aliphatic rings. The number of benzene rings is 2. The second-order valence-electron chi connectivity index (χ2n) is 6.82. The average Bonchev–Trinajstić information content (AvgIpc) is 3.14. The Morgan fingerprint density at radius 1 is 1.14 bits per heavy atom. The van der Waals surface area contributed by atoms with Crippen LogP contribution >= 0.6 is 11.6 Å². The van der Waals surface area contributed by atoms with Gasteiger partial charge in [0.05, 0.1) is 29.5 Å². The van der Waals surface area contributed by atoms with Gasteiger partial charge in [-0.15, -0.1) is 11.6 Å². The van der Waals surface area contributed by atoms with Gasteiger partial charge in [-0.3, -0.25) is 4.79 Å². The first kappa shape index (κ1) is 19.9. The molecule has 152 valence electrons. The van der Waals surface area contributed by atoms with Crippen molar-refractivity contribution in [2.45, 2.75) is 23.8 Å². The quantitative estimate of drug-likeness (QED) is 0.436. The van der Waals surface area contributed by atoms with Crippen molar-refractivity contribution in [1.82, 2.24) is 3.97 Å². The van der Waals surface area contributed by atoms with E-state index in [1.165, 1.54) is 18.3 Å². The Balaban J connectivity index is 1.83. The van der Waals surface area contributed by atoms with Gasteiger partial charge in [0.25, 0.3) is 10.0 Å². The topological polar surface area (TPSA) is 74.6 Å². The van der Waals surface area contributed by atoms with Gasteiger partial charge in [-0.05, 0) is 24.3 Å². The van der Waals surface area contributed by atoms with Crippen LogP contribution in [-0.4, -0.2) is 43.4 Å². The van der Waals surface area contributed by atoms with Crippen molar-refractivity contribution in [3.63, 3.8) is 0 Å². The molecule has 1 aromatic heterocycles. The number of aromatic nitrogens is 1. The second kappa shape index (κ2) is 8.18. The van der Waals surface area contributed by atoms with Gasteiger partial charge in [0.1, 0.15) is 11.9 Å². The Hall–Kier alpha value is -2.35. The summed E-state index contributed by atoms with van der Waals surface area (Å²) < 4.78 is 39.0. The van der Waals surface area contributed by atoms with E-state index in [1.54, 1.807) is 36.4 Å². The van der Waals surface area contributed by atoms with Crippen LogP contribution < -0.4 is 4.74 Å². The lowest BCUT2D eigenvalue weighted by Gasteiger charge is -2.23. The van der Waals surface area contributed by atoms with Gasteiger partial charge in [-0.25, -0.2) is 12.4 Å². The molecule has 1 fully saturated rings. The molecule has 6 nitrogen and oxygen atoms in total. The number of halogens is 1. The lowest BCUT2D eigenvalue weighted by atomic mass is 10.1. The maximum atomic E-state index is 13.2. The third-order valence-corrected chi connectivity index (χ3v) is 6.87. The summed E-state index contributed by atoms with van der Waals surface area (Å²) in [6.45, 7) is 1.28. The van der Waals surface area contributed by atoms with Gasteiger partial charge >= 0.3 is 0 Å². The smallest absolute Gasteiger partial charge is 0.268 e. The maximum absolute atomic E-state index is 13.2. The Kier molecular flexibility index (Phi) is 5.63. The zero-order valence-electron chi connectivity index (χ0n) is 15.6. The zero-order chi connectivity index (χ0) is 20.4. The summed E-state index contributed by atoms with van der Waals surface area (Å²) in [5, 5.41) is 0.523. The molecule has 29 heavy (non-hydrogen) atoms. The van der Waals surface area contributed by atoms with Crippen LogP contribution in [0.4, 0.5) is 0 Å². The monoisotopic (exact) mass is 433 g/mol. The van der Waals surface area contributed by atoms with Gasteiger partial charge in [0, 0.05) is 36.1 Å². The van der Waals surface area contributed by atoms with Crippen LogP contribution in [-0.2, 0) is 14.8 Å². The summed E-state index contributed by atoms with van der Waals surface area (Å²) in [6, 6.07) is 13.2. The maximum Gasteiger partial charge on any atom is 0.268 e. The molecule has 8 heteroatoms. The van der Waals surface area contributed by atoms with E-state index in [4.69, 9.17) is 21.1 Å². The summed E-state index contributed by atoms with van der Waals surface area (Å²) in [5.74, 6) is -0.0150. The second-order valence-corrected chi connectivity index (χ2v) is 8.90. The minimum absolute atomic E-state index is 0.0132. The van der Waals surface area contributed by atoms with E-state index in [0.717, 1.165) is 16.8 Å². The molecule has 2 heterocycles. The molecule has 0 unspecified atom stereocenters. The molecular weight excluding hydrogens is 414 g/mol. The molecule has 1 aliphatic heterocycles. The fourth-order valence-electron chi connectivity index (χ4n) is 3.44. The van der Waals surface area contributed by atoms with Crippen molar-refractivity contribution in [3.8, 4) is 5.75 Å². The first-order valence-corrected chi connectivity index (χ1v) is 11.3. The molecule has 0 N–H and O–H groups in total. The Labute approximate surface area is 174 Å². The third kappa shape index (κ3) is 3.90. The van der Waals surface area contributed by atoms with E-state index in [2.05, 4.69) is 0 Å². The van der Waals surface area contributed by atoms with Crippen LogP contribution in [0, 0.1) is 0 Å². The number of rotatable bonds is 6. The number of hydrogen-bond donors (Lipinski definition) is 0. The van der Waals surface area contributed by atoms with Crippen LogP contribution in [0.2, 0.25) is 0 Å². The average molecular weight is 434 g/mol. The van der Waals surface area contributed by atoms with E-state index in [1.807, 2.05) is 0 Å². The molecule has 3 aromatic rings. The van der Waals surface area contributed by atoms with Crippen molar-refractivity contribution in [3.05, 3.63) is 60.3 Å². The Morgan fingerprint density at radius 3 is 2.55 bits per heavy atom. The van der Waals surface area contributed by atoms with Crippen molar-refractivity contribution in [2.75, 3.05) is 19.1 Å².